The van der Waals surface area contributed by atoms with Crippen molar-refractivity contribution in [1.29, 1.82) is 0 Å². The number of hydrogen-bond acceptors (Lipinski definition) is 5. The molecule has 0 aliphatic heterocycles. The molecule has 0 aromatic heterocycles. The van der Waals surface area contributed by atoms with E-state index in [-0.39, 0.29) is 23.0 Å². The van der Waals surface area contributed by atoms with Crippen molar-refractivity contribution in [3.8, 4) is 5.75 Å². The van der Waals surface area contributed by atoms with E-state index >= 15 is 0 Å². The second-order valence-electron chi connectivity index (χ2n) is 8.47. The lowest BCUT2D eigenvalue weighted by atomic mass is 10.1. The molecule has 1 N–H and O–H groups in total. The maximum Gasteiger partial charge on any atom is 0.264 e. The monoisotopic (exact) mass is 541 g/mol. The van der Waals surface area contributed by atoms with E-state index in [1.807, 2.05) is 37.3 Å². The zero-order valence-electron chi connectivity index (χ0n) is 21.6. The van der Waals surface area contributed by atoms with Crippen LogP contribution < -0.4 is 14.4 Å². The average molecular weight is 542 g/mol. The first kappa shape index (κ1) is 28.6. The molecule has 0 spiro atoms. The number of amides is 2. The number of carbonyl (C=O) groups is 2. The van der Waals surface area contributed by atoms with Crippen molar-refractivity contribution in [2.75, 3.05) is 24.0 Å². The van der Waals surface area contributed by atoms with Gasteiger partial charge in [0.25, 0.3) is 10.0 Å². The number of sulfonamides is 1. The van der Waals surface area contributed by atoms with E-state index in [2.05, 4.69) is 5.32 Å². The summed E-state index contributed by atoms with van der Waals surface area (Å²) in [6, 6.07) is 18.9. The molecule has 0 unspecified atom stereocenters. The number of benzene rings is 3. The third-order valence-electron chi connectivity index (χ3n) is 5.83. The van der Waals surface area contributed by atoms with E-state index in [1.165, 1.54) is 17.0 Å². The lowest BCUT2D eigenvalue weighted by Gasteiger charge is -2.32. The number of likely N-dealkylation sites (N-methyl/N-ethyl adjacent to an activating group) is 1. The van der Waals surface area contributed by atoms with Gasteiger partial charge < -0.3 is 15.0 Å². The summed E-state index contributed by atoms with van der Waals surface area (Å²) in [5, 5.41) is 2.72. The summed E-state index contributed by atoms with van der Waals surface area (Å²) in [5.41, 5.74) is 1.00. The van der Waals surface area contributed by atoms with Gasteiger partial charge in [-0.2, -0.15) is 0 Å². The summed E-state index contributed by atoms with van der Waals surface area (Å²) in [6.07, 6.45) is 0. The molecule has 10 heteroatoms. The fraction of sp³-hybridized carbons (Fsp3) is 0.286. The van der Waals surface area contributed by atoms with Crippen LogP contribution in [0.2, 0.25) is 0 Å². The number of halogens is 1. The number of ether oxygens (including phenoxy) is 1. The van der Waals surface area contributed by atoms with Crippen LogP contribution >= 0.6 is 0 Å². The van der Waals surface area contributed by atoms with Crippen LogP contribution in [-0.2, 0) is 26.2 Å². The molecule has 3 aromatic carbocycles. The maximum atomic E-state index is 13.7. The van der Waals surface area contributed by atoms with Gasteiger partial charge in [-0.15, -0.1) is 0 Å². The first-order chi connectivity index (χ1) is 18.2. The summed E-state index contributed by atoms with van der Waals surface area (Å²) in [4.78, 5) is 27.6. The molecule has 202 valence electrons. The lowest BCUT2D eigenvalue weighted by Crippen LogP contribution is -2.51. The highest BCUT2D eigenvalue weighted by Crippen LogP contribution is 2.27. The molecule has 0 radical (unpaired) electrons. The zero-order valence-corrected chi connectivity index (χ0v) is 22.4. The minimum absolute atomic E-state index is 0.103. The van der Waals surface area contributed by atoms with Gasteiger partial charge in [0.15, 0.2) is 0 Å². The number of carbonyl (C=O) groups excluding carboxylic acids is 2. The average Bonchev–Trinajstić information content (AvgIpc) is 2.91. The van der Waals surface area contributed by atoms with E-state index in [9.17, 15) is 22.4 Å². The predicted octanol–water partition coefficient (Wildman–Crippen LogP) is 3.97. The summed E-state index contributed by atoms with van der Waals surface area (Å²) >= 11 is 0. The standard InChI is InChI=1S/C28H32FN3O5S/c1-4-30-28(34)21(3)31(19-22-9-7-6-8-10-22)27(33)20-32(24-13-15-25(16-14-24)37-5-2)38(35,36)26-17-11-23(29)12-18-26/h6-18,21H,4-5,19-20H2,1-3H3,(H,30,34)/t21-/m0/s1. The Labute approximate surface area is 223 Å². The van der Waals surface area contributed by atoms with Crippen LogP contribution in [0.5, 0.6) is 5.75 Å². The van der Waals surface area contributed by atoms with E-state index in [0.717, 1.165) is 34.1 Å². The van der Waals surface area contributed by atoms with Crippen molar-refractivity contribution < 1.29 is 27.1 Å². The largest absolute Gasteiger partial charge is 0.494 e. The van der Waals surface area contributed by atoms with Crippen molar-refractivity contribution in [3.05, 3.63) is 90.2 Å². The van der Waals surface area contributed by atoms with E-state index in [1.54, 1.807) is 26.0 Å². The zero-order chi connectivity index (χ0) is 27.7. The number of rotatable bonds is 12. The highest BCUT2D eigenvalue weighted by Gasteiger charge is 2.32. The minimum atomic E-state index is -4.28. The van der Waals surface area contributed by atoms with Gasteiger partial charge in [-0.25, -0.2) is 12.8 Å². The summed E-state index contributed by atoms with van der Waals surface area (Å²) in [5.74, 6) is -0.979. The van der Waals surface area contributed by atoms with Crippen LogP contribution in [-0.4, -0.2) is 50.9 Å². The number of anilines is 1. The molecule has 3 aromatic rings. The highest BCUT2D eigenvalue weighted by molar-refractivity contribution is 7.92. The number of nitrogens with zero attached hydrogens (tertiary/aromatic N) is 2. The van der Waals surface area contributed by atoms with Crippen molar-refractivity contribution in [2.24, 2.45) is 0 Å². The number of hydrogen-bond donors (Lipinski definition) is 1. The molecule has 0 heterocycles. The van der Waals surface area contributed by atoms with E-state index < -0.39 is 34.3 Å². The van der Waals surface area contributed by atoms with Crippen LogP contribution in [0.3, 0.4) is 0 Å². The second kappa shape index (κ2) is 13.0. The minimum Gasteiger partial charge on any atom is -0.494 e. The van der Waals surface area contributed by atoms with Gasteiger partial charge in [0.05, 0.1) is 17.2 Å². The van der Waals surface area contributed by atoms with Gasteiger partial charge in [-0.3, -0.25) is 13.9 Å². The number of nitrogens with one attached hydrogen (secondary N) is 1. The Kier molecular flexibility index (Phi) is 9.84. The second-order valence-corrected chi connectivity index (χ2v) is 10.3. The Morgan fingerprint density at radius 1 is 0.947 bits per heavy atom. The fourth-order valence-electron chi connectivity index (χ4n) is 3.82. The molecule has 8 nitrogen and oxygen atoms in total. The molecular weight excluding hydrogens is 509 g/mol. The molecular formula is C28H32FN3O5S. The fourth-order valence-corrected chi connectivity index (χ4v) is 5.24. The normalized spacial score (nSPS) is 11.9. The van der Waals surface area contributed by atoms with Gasteiger partial charge >= 0.3 is 0 Å². The topological polar surface area (TPSA) is 96.0 Å². The smallest absolute Gasteiger partial charge is 0.264 e. The van der Waals surface area contributed by atoms with Crippen LogP contribution in [0.25, 0.3) is 0 Å². The Balaban J connectivity index is 2.02. The van der Waals surface area contributed by atoms with Gasteiger partial charge in [0, 0.05) is 13.1 Å². The molecule has 2 amide bonds. The summed E-state index contributed by atoms with van der Waals surface area (Å²) < 4.78 is 47.4. The molecule has 0 aliphatic rings. The molecule has 0 fully saturated rings. The lowest BCUT2D eigenvalue weighted by molar-refractivity contribution is -0.139. The van der Waals surface area contributed by atoms with Crippen LogP contribution in [0.4, 0.5) is 10.1 Å². The van der Waals surface area contributed by atoms with Gasteiger partial charge in [-0.1, -0.05) is 30.3 Å². The van der Waals surface area contributed by atoms with Gasteiger partial charge in [0.1, 0.15) is 24.2 Å². The van der Waals surface area contributed by atoms with Crippen molar-refractivity contribution in [3.63, 3.8) is 0 Å². The summed E-state index contributed by atoms with van der Waals surface area (Å²) in [7, 11) is -4.28. The molecule has 3 rings (SSSR count). The summed E-state index contributed by atoms with van der Waals surface area (Å²) in [6.45, 7) is 5.54. The highest BCUT2D eigenvalue weighted by atomic mass is 32.2. The molecule has 38 heavy (non-hydrogen) atoms. The first-order valence-electron chi connectivity index (χ1n) is 12.3. The Bertz CT molecular complexity index is 1320. The Morgan fingerprint density at radius 3 is 2.16 bits per heavy atom. The van der Waals surface area contributed by atoms with Crippen molar-refractivity contribution in [2.45, 2.75) is 38.3 Å². The Morgan fingerprint density at radius 2 is 1.58 bits per heavy atom. The van der Waals surface area contributed by atoms with Crippen LogP contribution in [0.15, 0.2) is 83.8 Å². The third kappa shape index (κ3) is 7.10. The van der Waals surface area contributed by atoms with Crippen molar-refractivity contribution >= 4 is 27.5 Å². The van der Waals surface area contributed by atoms with Gasteiger partial charge in [0.2, 0.25) is 11.8 Å². The molecule has 0 bridgehead atoms. The van der Waals surface area contributed by atoms with Crippen molar-refractivity contribution in [1.82, 2.24) is 10.2 Å². The Hall–Kier alpha value is -3.92. The van der Waals surface area contributed by atoms with Crippen LogP contribution in [0, 0.1) is 5.82 Å². The van der Waals surface area contributed by atoms with E-state index in [0.29, 0.717) is 18.9 Å². The molecule has 0 saturated heterocycles. The SMILES string of the molecule is CCNC(=O)[C@H](C)N(Cc1ccccc1)C(=O)CN(c1ccc(OCC)cc1)S(=O)(=O)c1ccc(F)cc1. The van der Waals surface area contributed by atoms with Crippen LogP contribution in [0.1, 0.15) is 26.3 Å². The molecule has 0 aliphatic carbocycles. The molecule has 1 atom stereocenters. The maximum absolute atomic E-state index is 13.7. The molecule has 0 saturated carbocycles. The quantitative estimate of drug-likeness (QED) is 0.374. The third-order valence-corrected chi connectivity index (χ3v) is 7.62. The first-order valence-corrected chi connectivity index (χ1v) is 13.7. The predicted molar refractivity (Wildman–Crippen MR) is 144 cm³/mol. The van der Waals surface area contributed by atoms with E-state index in [4.69, 9.17) is 4.74 Å². The van der Waals surface area contributed by atoms with Gasteiger partial charge in [-0.05, 0) is 74.9 Å².